The molecule has 82 valence electrons. The van der Waals surface area contributed by atoms with Gasteiger partial charge in [-0.15, -0.1) is 0 Å². The highest BCUT2D eigenvalue weighted by Crippen LogP contribution is 2.34. The molecule has 0 radical (unpaired) electrons. The monoisotopic (exact) mass is 196 g/mol. The number of nitrogens with zero attached hydrogens (tertiary/aromatic N) is 1. The molecule has 0 aromatic heterocycles. The fraction of sp³-hybridized carbons (Fsp3) is 1.00. The van der Waals surface area contributed by atoms with E-state index in [-0.39, 0.29) is 0 Å². The SMILES string of the molecule is NCC1CCN1CCCCCC1CC1. The van der Waals surface area contributed by atoms with Gasteiger partial charge in [-0.3, -0.25) is 4.90 Å². The van der Waals surface area contributed by atoms with Crippen LogP contribution >= 0.6 is 0 Å². The fourth-order valence-electron chi connectivity index (χ4n) is 2.39. The normalized spacial score (nSPS) is 27.6. The molecular formula is C12H24N2. The molecule has 1 aliphatic carbocycles. The average Bonchev–Trinajstić information content (AvgIpc) is 2.93. The van der Waals surface area contributed by atoms with E-state index >= 15 is 0 Å². The summed E-state index contributed by atoms with van der Waals surface area (Å²) in [6.07, 6.45) is 10.2. The Bertz CT molecular complexity index is 164. The molecule has 0 amide bonds. The van der Waals surface area contributed by atoms with Crippen molar-refractivity contribution in [3.05, 3.63) is 0 Å². The minimum absolute atomic E-state index is 0.721. The highest BCUT2D eigenvalue weighted by molar-refractivity contribution is 4.82. The zero-order valence-corrected chi connectivity index (χ0v) is 9.25. The van der Waals surface area contributed by atoms with Crippen LogP contribution in [0.2, 0.25) is 0 Å². The Morgan fingerprint density at radius 2 is 1.93 bits per heavy atom. The van der Waals surface area contributed by atoms with Gasteiger partial charge in [0.05, 0.1) is 0 Å². The van der Waals surface area contributed by atoms with Crippen LogP contribution in [0.25, 0.3) is 0 Å². The molecule has 1 atom stereocenters. The van der Waals surface area contributed by atoms with Crippen LogP contribution in [0, 0.1) is 5.92 Å². The summed E-state index contributed by atoms with van der Waals surface area (Å²) in [5.41, 5.74) is 5.66. The van der Waals surface area contributed by atoms with Crippen molar-refractivity contribution in [1.29, 1.82) is 0 Å². The molecule has 1 unspecified atom stereocenters. The van der Waals surface area contributed by atoms with Gasteiger partial charge in [0.15, 0.2) is 0 Å². The quantitative estimate of drug-likeness (QED) is 0.631. The van der Waals surface area contributed by atoms with Gasteiger partial charge < -0.3 is 5.73 Å². The lowest BCUT2D eigenvalue weighted by Gasteiger charge is -2.40. The molecule has 2 heteroatoms. The van der Waals surface area contributed by atoms with Gasteiger partial charge in [-0.2, -0.15) is 0 Å². The predicted molar refractivity (Wildman–Crippen MR) is 60.2 cm³/mol. The van der Waals surface area contributed by atoms with Crippen LogP contribution in [0.15, 0.2) is 0 Å². The largest absolute Gasteiger partial charge is 0.329 e. The van der Waals surface area contributed by atoms with Gasteiger partial charge in [-0.1, -0.05) is 32.1 Å². The van der Waals surface area contributed by atoms with E-state index in [0.717, 1.165) is 18.5 Å². The van der Waals surface area contributed by atoms with E-state index in [1.807, 2.05) is 0 Å². The van der Waals surface area contributed by atoms with Gasteiger partial charge in [0, 0.05) is 19.1 Å². The van der Waals surface area contributed by atoms with Crippen LogP contribution < -0.4 is 5.73 Å². The van der Waals surface area contributed by atoms with Gasteiger partial charge in [0.1, 0.15) is 0 Å². The van der Waals surface area contributed by atoms with Gasteiger partial charge in [0.25, 0.3) is 0 Å². The summed E-state index contributed by atoms with van der Waals surface area (Å²) in [5, 5.41) is 0. The number of likely N-dealkylation sites (tertiary alicyclic amines) is 1. The zero-order valence-electron chi connectivity index (χ0n) is 9.25. The average molecular weight is 196 g/mol. The first kappa shape index (κ1) is 10.4. The number of hydrogen-bond donors (Lipinski definition) is 1. The first-order chi connectivity index (χ1) is 6.90. The molecule has 2 rings (SSSR count). The minimum atomic E-state index is 0.721. The third kappa shape index (κ3) is 2.96. The summed E-state index contributed by atoms with van der Waals surface area (Å²) in [5.74, 6) is 1.12. The summed E-state index contributed by atoms with van der Waals surface area (Å²) in [6, 6.07) is 0.721. The van der Waals surface area contributed by atoms with Crippen molar-refractivity contribution in [2.75, 3.05) is 19.6 Å². The third-order valence-corrected chi connectivity index (χ3v) is 3.79. The van der Waals surface area contributed by atoms with Crippen molar-refractivity contribution in [2.45, 2.75) is 51.0 Å². The molecule has 0 spiro atoms. The van der Waals surface area contributed by atoms with E-state index in [1.54, 1.807) is 0 Å². The Hall–Kier alpha value is -0.0800. The lowest BCUT2D eigenvalue weighted by Crippen LogP contribution is -2.51. The number of rotatable bonds is 7. The third-order valence-electron chi connectivity index (χ3n) is 3.79. The molecular weight excluding hydrogens is 172 g/mol. The van der Waals surface area contributed by atoms with Crippen molar-refractivity contribution >= 4 is 0 Å². The second-order valence-corrected chi connectivity index (χ2v) is 5.01. The van der Waals surface area contributed by atoms with Crippen molar-refractivity contribution in [3.63, 3.8) is 0 Å². The van der Waals surface area contributed by atoms with Crippen LogP contribution in [0.4, 0.5) is 0 Å². The van der Waals surface area contributed by atoms with Gasteiger partial charge in [-0.05, 0) is 25.3 Å². The molecule has 2 N–H and O–H groups in total. The number of unbranched alkanes of at least 4 members (excludes halogenated alkanes) is 2. The topological polar surface area (TPSA) is 29.3 Å². The molecule has 0 bridgehead atoms. The molecule has 0 aromatic rings. The Morgan fingerprint density at radius 1 is 1.07 bits per heavy atom. The summed E-state index contributed by atoms with van der Waals surface area (Å²) in [7, 11) is 0. The molecule has 1 heterocycles. The summed E-state index contributed by atoms with van der Waals surface area (Å²) >= 11 is 0. The van der Waals surface area contributed by atoms with Crippen LogP contribution in [-0.2, 0) is 0 Å². The van der Waals surface area contributed by atoms with Crippen LogP contribution in [-0.4, -0.2) is 30.6 Å². The van der Waals surface area contributed by atoms with Crippen LogP contribution in [0.5, 0.6) is 0 Å². The molecule has 1 saturated carbocycles. The van der Waals surface area contributed by atoms with E-state index in [2.05, 4.69) is 4.90 Å². The van der Waals surface area contributed by atoms with Gasteiger partial charge >= 0.3 is 0 Å². The zero-order chi connectivity index (χ0) is 9.80. The molecule has 2 aliphatic rings. The lowest BCUT2D eigenvalue weighted by molar-refractivity contribution is 0.0945. The minimum Gasteiger partial charge on any atom is -0.329 e. The first-order valence-electron chi connectivity index (χ1n) is 6.34. The predicted octanol–water partition coefficient (Wildman–Crippen LogP) is 1.99. The van der Waals surface area contributed by atoms with Gasteiger partial charge in [-0.25, -0.2) is 0 Å². The Morgan fingerprint density at radius 3 is 2.50 bits per heavy atom. The fourth-order valence-corrected chi connectivity index (χ4v) is 2.39. The second kappa shape index (κ2) is 5.13. The maximum absolute atomic E-state index is 5.66. The number of nitrogens with two attached hydrogens (primary N) is 1. The molecule has 1 saturated heterocycles. The lowest BCUT2D eigenvalue weighted by atomic mass is 10.0. The molecule has 0 aromatic carbocycles. The highest BCUT2D eigenvalue weighted by atomic mass is 15.2. The maximum Gasteiger partial charge on any atom is 0.0230 e. The molecule has 1 aliphatic heterocycles. The molecule has 14 heavy (non-hydrogen) atoms. The first-order valence-corrected chi connectivity index (χ1v) is 6.34. The summed E-state index contributed by atoms with van der Waals surface area (Å²) in [6.45, 7) is 3.46. The van der Waals surface area contributed by atoms with E-state index < -0.39 is 0 Å². The van der Waals surface area contributed by atoms with E-state index in [4.69, 9.17) is 5.73 Å². The standard InChI is InChI=1S/C12H24N2/c13-10-12-7-9-14(12)8-3-1-2-4-11-5-6-11/h11-12H,1-10,13H2. The van der Waals surface area contributed by atoms with Gasteiger partial charge in [0.2, 0.25) is 0 Å². The molecule has 2 nitrogen and oxygen atoms in total. The van der Waals surface area contributed by atoms with Crippen molar-refractivity contribution in [1.82, 2.24) is 4.90 Å². The van der Waals surface area contributed by atoms with Crippen molar-refractivity contribution in [3.8, 4) is 0 Å². The van der Waals surface area contributed by atoms with Crippen LogP contribution in [0.1, 0.15) is 44.9 Å². The summed E-state index contributed by atoms with van der Waals surface area (Å²) < 4.78 is 0. The highest BCUT2D eigenvalue weighted by Gasteiger charge is 2.25. The Labute approximate surface area is 87.8 Å². The van der Waals surface area contributed by atoms with E-state index in [0.29, 0.717) is 0 Å². The maximum atomic E-state index is 5.66. The Balaban J connectivity index is 1.42. The van der Waals surface area contributed by atoms with Crippen LogP contribution in [0.3, 0.4) is 0 Å². The van der Waals surface area contributed by atoms with E-state index in [1.165, 1.54) is 58.0 Å². The van der Waals surface area contributed by atoms with E-state index in [9.17, 15) is 0 Å². The summed E-state index contributed by atoms with van der Waals surface area (Å²) in [4.78, 5) is 2.55. The second-order valence-electron chi connectivity index (χ2n) is 5.01. The number of hydrogen-bond acceptors (Lipinski definition) is 2. The molecule has 2 fully saturated rings. The Kier molecular flexibility index (Phi) is 3.82. The van der Waals surface area contributed by atoms with Crippen molar-refractivity contribution < 1.29 is 0 Å². The smallest absolute Gasteiger partial charge is 0.0230 e. The van der Waals surface area contributed by atoms with Crippen molar-refractivity contribution in [2.24, 2.45) is 11.7 Å².